The van der Waals surface area contributed by atoms with Crippen LogP contribution in [0, 0.1) is 0 Å². The van der Waals surface area contributed by atoms with E-state index in [2.05, 4.69) is 17.9 Å². The standard InChI is InChI=1S/C13H19ClN2/c1-2-16(10-7-8-10)13(9-15)11-5-3-4-6-12(11)14/h3-6,10,13H,2,7-9,15H2,1H3. The minimum absolute atomic E-state index is 0.270. The molecule has 0 heterocycles. The molecule has 0 aromatic heterocycles. The molecule has 0 bridgehead atoms. The Labute approximate surface area is 102 Å². The summed E-state index contributed by atoms with van der Waals surface area (Å²) < 4.78 is 0. The van der Waals surface area contributed by atoms with Crippen LogP contribution in [0.1, 0.15) is 31.4 Å². The molecule has 1 aliphatic rings. The van der Waals surface area contributed by atoms with Gasteiger partial charge in [-0.3, -0.25) is 4.90 Å². The van der Waals surface area contributed by atoms with Crippen molar-refractivity contribution in [2.24, 2.45) is 5.73 Å². The molecule has 1 saturated carbocycles. The second-order valence-electron chi connectivity index (χ2n) is 4.33. The van der Waals surface area contributed by atoms with Crippen molar-refractivity contribution in [3.8, 4) is 0 Å². The van der Waals surface area contributed by atoms with Crippen LogP contribution in [0.4, 0.5) is 0 Å². The fourth-order valence-corrected chi connectivity index (χ4v) is 2.59. The van der Waals surface area contributed by atoms with Crippen LogP contribution in [-0.4, -0.2) is 24.0 Å². The summed E-state index contributed by atoms with van der Waals surface area (Å²) in [5.41, 5.74) is 7.08. The van der Waals surface area contributed by atoms with Crippen LogP contribution in [0.15, 0.2) is 24.3 Å². The average Bonchev–Trinajstić information content (AvgIpc) is 3.11. The van der Waals surface area contributed by atoms with Gasteiger partial charge < -0.3 is 5.73 Å². The van der Waals surface area contributed by atoms with Gasteiger partial charge in [-0.15, -0.1) is 0 Å². The summed E-state index contributed by atoms with van der Waals surface area (Å²) in [7, 11) is 0. The molecule has 1 unspecified atom stereocenters. The summed E-state index contributed by atoms with van der Waals surface area (Å²) in [6.45, 7) is 3.86. The monoisotopic (exact) mass is 238 g/mol. The topological polar surface area (TPSA) is 29.3 Å². The molecule has 16 heavy (non-hydrogen) atoms. The van der Waals surface area contributed by atoms with Gasteiger partial charge in [0.25, 0.3) is 0 Å². The maximum atomic E-state index is 6.24. The summed E-state index contributed by atoms with van der Waals surface area (Å²) in [6.07, 6.45) is 2.60. The normalized spacial score (nSPS) is 17.8. The molecule has 1 fully saturated rings. The van der Waals surface area contributed by atoms with E-state index in [1.807, 2.05) is 18.2 Å². The first-order valence-corrected chi connectivity index (χ1v) is 6.36. The fourth-order valence-electron chi connectivity index (χ4n) is 2.33. The van der Waals surface area contributed by atoms with Crippen LogP contribution in [0.3, 0.4) is 0 Å². The zero-order valence-corrected chi connectivity index (χ0v) is 10.5. The number of likely N-dealkylation sites (N-methyl/N-ethyl adjacent to an activating group) is 1. The zero-order chi connectivity index (χ0) is 11.5. The largest absolute Gasteiger partial charge is 0.329 e. The molecular formula is C13H19ClN2. The van der Waals surface area contributed by atoms with Crippen molar-refractivity contribution in [2.75, 3.05) is 13.1 Å². The van der Waals surface area contributed by atoms with Crippen LogP contribution >= 0.6 is 11.6 Å². The van der Waals surface area contributed by atoms with E-state index in [-0.39, 0.29) is 6.04 Å². The molecule has 1 aliphatic carbocycles. The molecule has 2 nitrogen and oxygen atoms in total. The molecule has 0 spiro atoms. The van der Waals surface area contributed by atoms with Gasteiger partial charge in [0.15, 0.2) is 0 Å². The number of nitrogens with zero attached hydrogens (tertiary/aromatic N) is 1. The number of hydrogen-bond acceptors (Lipinski definition) is 2. The maximum Gasteiger partial charge on any atom is 0.0488 e. The predicted molar refractivity (Wildman–Crippen MR) is 68.6 cm³/mol. The summed E-state index contributed by atoms with van der Waals surface area (Å²) in [5.74, 6) is 0. The van der Waals surface area contributed by atoms with E-state index >= 15 is 0 Å². The number of nitrogens with two attached hydrogens (primary N) is 1. The van der Waals surface area contributed by atoms with E-state index in [1.54, 1.807) is 0 Å². The van der Waals surface area contributed by atoms with Gasteiger partial charge in [0.05, 0.1) is 0 Å². The van der Waals surface area contributed by atoms with Gasteiger partial charge in [-0.2, -0.15) is 0 Å². The van der Waals surface area contributed by atoms with Crippen molar-refractivity contribution in [1.29, 1.82) is 0 Å². The lowest BCUT2D eigenvalue weighted by Gasteiger charge is -2.30. The van der Waals surface area contributed by atoms with Crippen molar-refractivity contribution in [1.82, 2.24) is 4.90 Å². The third-order valence-electron chi connectivity index (χ3n) is 3.27. The van der Waals surface area contributed by atoms with Crippen molar-refractivity contribution in [2.45, 2.75) is 31.8 Å². The molecule has 0 saturated heterocycles. The summed E-state index contributed by atoms with van der Waals surface area (Å²) in [5, 5.41) is 0.831. The molecule has 0 radical (unpaired) electrons. The summed E-state index contributed by atoms with van der Waals surface area (Å²) in [6, 6.07) is 9.02. The SMILES string of the molecule is CCN(C1CC1)C(CN)c1ccccc1Cl. The highest BCUT2D eigenvalue weighted by atomic mass is 35.5. The van der Waals surface area contributed by atoms with E-state index in [4.69, 9.17) is 17.3 Å². The second-order valence-corrected chi connectivity index (χ2v) is 4.74. The third kappa shape index (κ3) is 2.40. The van der Waals surface area contributed by atoms with Gasteiger partial charge >= 0.3 is 0 Å². The van der Waals surface area contributed by atoms with E-state index in [0.717, 1.165) is 17.6 Å². The Hall–Kier alpha value is -0.570. The lowest BCUT2D eigenvalue weighted by molar-refractivity contribution is 0.202. The molecule has 2 rings (SSSR count). The van der Waals surface area contributed by atoms with E-state index in [9.17, 15) is 0 Å². The highest BCUT2D eigenvalue weighted by molar-refractivity contribution is 6.31. The van der Waals surface area contributed by atoms with Crippen molar-refractivity contribution < 1.29 is 0 Å². The Balaban J connectivity index is 2.23. The predicted octanol–water partition coefficient (Wildman–Crippen LogP) is 2.82. The van der Waals surface area contributed by atoms with Gasteiger partial charge in [0, 0.05) is 23.7 Å². The summed E-state index contributed by atoms with van der Waals surface area (Å²) >= 11 is 6.24. The van der Waals surface area contributed by atoms with E-state index in [1.165, 1.54) is 18.4 Å². The first kappa shape index (κ1) is 11.9. The molecule has 0 aliphatic heterocycles. The van der Waals surface area contributed by atoms with E-state index < -0.39 is 0 Å². The molecule has 1 atom stereocenters. The van der Waals surface area contributed by atoms with Gasteiger partial charge in [0.2, 0.25) is 0 Å². The fraction of sp³-hybridized carbons (Fsp3) is 0.538. The van der Waals surface area contributed by atoms with E-state index in [0.29, 0.717) is 6.54 Å². The first-order valence-electron chi connectivity index (χ1n) is 5.98. The lowest BCUT2D eigenvalue weighted by Crippen LogP contribution is -2.35. The minimum atomic E-state index is 0.270. The number of benzene rings is 1. The van der Waals surface area contributed by atoms with Gasteiger partial charge in [-0.25, -0.2) is 0 Å². The summed E-state index contributed by atoms with van der Waals surface area (Å²) in [4.78, 5) is 2.47. The molecule has 2 N–H and O–H groups in total. The number of halogens is 1. The van der Waals surface area contributed by atoms with Crippen LogP contribution in [0.25, 0.3) is 0 Å². The quantitative estimate of drug-likeness (QED) is 0.855. The van der Waals surface area contributed by atoms with Crippen molar-refractivity contribution in [3.05, 3.63) is 34.9 Å². The Bertz CT molecular complexity index is 350. The highest BCUT2D eigenvalue weighted by Gasteiger charge is 2.33. The van der Waals surface area contributed by atoms with Crippen molar-refractivity contribution in [3.63, 3.8) is 0 Å². The Morgan fingerprint density at radius 3 is 2.62 bits per heavy atom. The molecular weight excluding hydrogens is 220 g/mol. The van der Waals surface area contributed by atoms with Crippen LogP contribution in [0.5, 0.6) is 0 Å². The molecule has 88 valence electrons. The van der Waals surface area contributed by atoms with Crippen molar-refractivity contribution >= 4 is 11.6 Å². The van der Waals surface area contributed by atoms with Gasteiger partial charge in [-0.1, -0.05) is 36.7 Å². The number of hydrogen-bond donors (Lipinski definition) is 1. The lowest BCUT2D eigenvalue weighted by atomic mass is 10.1. The molecule has 0 amide bonds. The molecule has 3 heteroatoms. The van der Waals surface area contributed by atoms with Crippen LogP contribution < -0.4 is 5.73 Å². The first-order chi connectivity index (χ1) is 7.77. The maximum absolute atomic E-state index is 6.24. The highest BCUT2D eigenvalue weighted by Crippen LogP contribution is 2.35. The minimum Gasteiger partial charge on any atom is -0.329 e. The number of rotatable bonds is 5. The zero-order valence-electron chi connectivity index (χ0n) is 9.70. The average molecular weight is 239 g/mol. The third-order valence-corrected chi connectivity index (χ3v) is 3.61. The Kier molecular flexibility index (Phi) is 3.85. The van der Waals surface area contributed by atoms with Crippen LogP contribution in [0.2, 0.25) is 5.02 Å². The molecule has 1 aromatic carbocycles. The Morgan fingerprint density at radius 2 is 2.12 bits per heavy atom. The van der Waals surface area contributed by atoms with Gasteiger partial charge in [-0.05, 0) is 31.0 Å². The second kappa shape index (κ2) is 5.17. The smallest absolute Gasteiger partial charge is 0.0488 e. The van der Waals surface area contributed by atoms with Gasteiger partial charge in [0.1, 0.15) is 0 Å². The Morgan fingerprint density at radius 1 is 1.44 bits per heavy atom. The van der Waals surface area contributed by atoms with Crippen LogP contribution in [-0.2, 0) is 0 Å². The molecule has 1 aromatic rings.